The van der Waals surface area contributed by atoms with Crippen molar-refractivity contribution < 1.29 is 24.0 Å². The van der Waals surface area contributed by atoms with Crippen LogP contribution >= 0.6 is 0 Å². The summed E-state index contributed by atoms with van der Waals surface area (Å²) in [6.45, 7) is 2.59. The van der Waals surface area contributed by atoms with Gasteiger partial charge in [-0.25, -0.2) is 0 Å². The molecule has 0 saturated carbocycles. The van der Waals surface area contributed by atoms with Gasteiger partial charge in [-0.3, -0.25) is 24.2 Å². The van der Waals surface area contributed by atoms with E-state index in [9.17, 15) is 24.0 Å². The normalized spacial score (nSPS) is 13.0. The van der Waals surface area contributed by atoms with Gasteiger partial charge in [-0.2, -0.15) is 0 Å². The average molecular weight is 727 g/mol. The topological polar surface area (TPSA) is 224 Å². The highest BCUT2D eigenvalue weighted by atomic mass is 16.2. The fourth-order valence-corrected chi connectivity index (χ4v) is 5.72. The Hall–Kier alpha value is -5.56. The van der Waals surface area contributed by atoms with E-state index in [2.05, 4.69) is 26.3 Å². The van der Waals surface area contributed by atoms with Crippen molar-refractivity contribution in [1.82, 2.24) is 21.3 Å². The molecule has 0 aromatic heterocycles. The minimum absolute atomic E-state index is 0.103. The van der Waals surface area contributed by atoms with Crippen LogP contribution in [0, 0.1) is 0 Å². The molecule has 0 bridgehead atoms. The Morgan fingerprint density at radius 2 is 1.19 bits per heavy atom. The molecule has 0 unspecified atom stereocenters. The Morgan fingerprint density at radius 1 is 0.660 bits per heavy atom. The van der Waals surface area contributed by atoms with E-state index in [1.54, 1.807) is 30.3 Å². The number of unbranched alkanes of at least 4 members (excludes halogenated alkanes) is 2. The third-order valence-corrected chi connectivity index (χ3v) is 8.67. The number of rotatable bonds is 23. The van der Waals surface area contributed by atoms with E-state index in [1.807, 2.05) is 61.5 Å². The summed E-state index contributed by atoms with van der Waals surface area (Å²) >= 11 is 0. The van der Waals surface area contributed by atoms with Crippen LogP contribution in [-0.4, -0.2) is 73.1 Å². The van der Waals surface area contributed by atoms with Crippen molar-refractivity contribution in [1.29, 1.82) is 0 Å². The summed E-state index contributed by atoms with van der Waals surface area (Å²) in [5, 5.41) is 11.2. The number of nitrogens with one attached hydrogen (secondary N) is 4. The Balaban J connectivity index is 1.75. The molecule has 4 amide bonds. The molecule has 0 radical (unpaired) electrons. The lowest BCUT2D eigenvalue weighted by molar-refractivity contribution is -0.133. The van der Waals surface area contributed by atoms with Crippen LogP contribution in [0.15, 0.2) is 89.9 Å². The second-order valence-electron chi connectivity index (χ2n) is 12.9. The molecule has 13 nitrogen and oxygen atoms in total. The molecule has 284 valence electrons. The van der Waals surface area contributed by atoms with E-state index in [-0.39, 0.29) is 31.8 Å². The summed E-state index contributed by atoms with van der Waals surface area (Å²) in [6, 6.07) is 22.3. The van der Waals surface area contributed by atoms with E-state index >= 15 is 0 Å². The Labute approximate surface area is 311 Å². The van der Waals surface area contributed by atoms with Crippen molar-refractivity contribution in [3.05, 3.63) is 96.1 Å². The van der Waals surface area contributed by atoms with Gasteiger partial charge in [-0.15, -0.1) is 0 Å². The first-order valence-corrected chi connectivity index (χ1v) is 18.3. The van der Waals surface area contributed by atoms with Crippen molar-refractivity contribution >= 4 is 35.9 Å². The number of benzene rings is 3. The molecule has 0 aliphatic rings. The second kappa shape index (κ2) is 23.1. The lowest BCUT2D eigenvalue weighted by atomic mass is 10.0. The van der Waals surface area contributed by atoms with Gasteiger partial charge in [0, 0.05) is 12.1 Å². The molecule has 53 heavy (non-hydrogen) atoms. The number of hydrogen-bond donors (Lipinski definition) is 7. The molecular weight excluding hydrogens is 672 g/mol. The molecule has 4 atom stereocenters. The molecule has 10 N–H and O–H groups in total. The molecule has 13 heteroatoms. The van der Waals surface area contributed by atoms with Crippen LogP contribution in [0.3, 0.4) is 0 Å². The van der Waals surface area contributed by atoms with Crippen molar-refractivity contribution in [3.63, 3.8) is 0 Å². The maximum atomic E-state index is 13.8. The number of nitrogens with two attached hydrogens (primary N) is 3. The monoisotopic (exact) mass is 726 g/mol. The number of amides is 4. The summed E-state index contributed by atoms with van der Waals surface area (Å²) in [7, 11) is 0. The summed E-state index contributed by atoms with van der Waals surface area (Å²) in [5.74, 6) is -2.16. The Morgan fingerprint density at radius 3 is 1.75 bits per heavy atom. The number of aliphatic imine (C=N–C) groups is 1. The summed E-state index contributed by atoms with van der Waals surface area (Å²) < 4.78 is 0. The van der Waals surface area contributed by atoms with Crippen LogP contribution in [0.25, 0.3) is 11.1 Å². The van der Waals surface area contributed by atoms with E-state index in [1.165, 1.54) is 0 Å². The van der Waals surface area contributed by atoms with Crippen LogP contribution < -0.4 is 38.5 Å². The second-order valence-corrected chi connectivity index (χ2v) is 12.9. The van der Waals surface area contributed by atoms with Gasteiger partial charge in [0.05, 0.1) is 6.04 Å². The number of aldehydes is 1. The lowest BCUT2D eigenvalue weighted by Gasteiger charge is -2.26. The van der Waals surface area contributed by atoms with E-state index in [0.717, 1.165) is 23.1 Å². The minimum Gasteiger partial charge on any atom is -0.370 e. The van der Waals surface area contributed by atoms with E-state index in [0.29, 0.717) is 50.5 Å². The zero-order chi connectivity index (χ0) is 38.4. The first kappa shape index (κ1) is 41.9. The lowest BCUT2D eigenvalue weighted by Crippen LogP contribution is -2.57. The largest absolute Gasteiger partial charge is 0.370 e. The molecule has 0 aliphatic carbocycles. The van der Waals surface area contributed by atoms with Gasteiger partial charge in [0.2, 0.25) is 17.7 Å². The molecule has 0 spiro atoms. The summed E-state index contributed by atoms with van der Waals surface area (Å²) in [4.78, 5) is 70.2. The molecule has 0 fully saturated rings. The highest BCUT2D eigenvalue weighted by Gasteiger charge is 2.30. The van der Waals surface area contributed by atoms with Crippen molar-refractivity contribution in [2.45, 2.75) is 88.9 Å². The van der Waals surface area contributed by atoms with Gasteiger partial charge in [0.25, 0.3) is 5.91 Å². The standard InChI is InChI=1S/C40H54N8O5/c1-2-3-17-33(46-36(50)31-15-8-5-9-16-31)38(52)47-34(18-10-11-24-41)39(53)48-35(19-12-25-44-40(42)43)37(51)45-32(27-49)26-28-20-22-30(23-21-28)29-13-6-4-7-14-29/h4-9,13-16,20-23,27,32-35H,2-3,10-12,17-19,24-26,41H2,1H3,(H,45,51)(H,46,50)(H,47,52)(H,48,53)(H4,42,43,44)/t32-,33-,34-,35-/m0/s1. The Kier molecular flexibility index (Phi) is 18.2. The molecule has 0 heterocycles. The highest BCUT2D eigenvalue weighted by Crippen LogP contribution is 2.20. The van der Waals surface area contributed by atoms with Crippen LogP contribution in [0.1, 0.15) is 74.2 Å². The SMILES string of the molecule is CCCC[C@H](NC(=O)c1ccccc1)C(=O)N[C@@H](CCCCN)C(=O)N[C@@H](CCCN=C(N)N)C(=O)N[C@H](C=O)Cc1ccc(-c2ccccc2)cc1. The predicted octanol–water partition coefficient (Wildman–Crippen LogP) is 2.72. The number of nitrogens with zero attached hydrogens (tertiary/aromatic N) is 1. The maximum Gasteiger partial charge on any atom is 0.251 e. The fraction of sp³-hybridized carbons (Fsp3) is 0.400. The van der Waals surface area contributed by atoms with Gasteiger partial charge >= 0.3 is 0 Å². The van der Waals surface area contributed by atoms with Gasteiger partial charge in [-0.1, -0.05) is 92.6 Å². The van der Waals surface area contributed by atoms with Crippen LogP contribution in [0.5, 0.6) is 0 Å². The molecule has 3 aromatic rings. The van der Waals surface area contributed by atoms with Gasteiger partial charge in [0.15, 0.2) is 5.96 Å². The first-order chi connectivity index (χ1) is 25.6. The van der Waals surface area contributed by atoms with Crippen molar-refractivity contribution in [3.8, 4) is 11.1 Å². The Bertz CT molecular complexity index is 1620. The number of carbonyl (C=O) groups excluding carboxylic acids is 5. The minimum atomic E-state index is -1.07. The number of guanidine groups is 1. The van der Waals surface area contributed by atoms with Gasteiger partial charge < -0.3 is 43.3 Å². The zero-order valence-electron chi connectivity index (χ0n) is 30.5. The number of hydrogen-bond acceptors (Lipinski definition) is 7. The van der Waals surface area contributed by atoms with Crippen LogP contribution in [-0.2, 0) is 25.6 Å². The predicted molar refractivity (Wildman–Crippen MR) is 207 cm³/mol. The zero-order valence-corrected chi connectivity index (χ0v) is 30.5. The average Bonchev–Trinajstić information content (AvgIpc) is 3.17. The third kappa shape index (κ3) is 14.9. The van der Waals surface area contributed by atoms with E-state index in [4.69, 9.17) is 17.2 Å². The molecular formula is C40H54N8O5. The quantitative estimate of drug-likeness (QED) is 0.0332. The van der Waals surface area contributed by atoms with Gasteiger partial charge in [-0.05, 0) is 80.3 Å². The molecule has 3 aromatic carbocycles. The third-order valence-electron chi connectivity index (χ3n) is 8.67. The van der Waals surface area contributed by atoms with Crippen LogP contribution in [0.2, 0.25) is 0 Å². The van der Waals surface area contributed by atoms with E-state index < -0.39 is 47.8 Å². The summed E-state index contributed by atoms with van der Waals surface area (Å²) in [6.07, 6.45) is 4.63. The van der Waals surface area contributed by atoms with Gasteiger partial charge in [0.1, 0.15) is 24.4 Å². The maximum absolute atomic E-state index is 13.8. The highest BCUT2D eigenvalue weighted by molar-refractivity contribution is 5.98. The summed E-state index contributed by atoms with van der Waals surface area (Å²) in [5.41, 5.74) is 20.0. The number of carbonyl (C=O) groups is 5. The van der Waals surface area contributed by atoms with Crippen molar-refractivity contribution in [2.75, 3.05) is 13.1 Å². The van der Waals surface area contributed by atoms with Crippen LogP contribution in [0.4, 0.5) is 0 Å². The smallest absolute Gasteiger partial charge is 0.251 e. The first-order valence-electron chi connectivity index (χ1n) is 18.3. The fourth-order valence-electron chi connectivity index (χ4n) is 5.72. The molecule has 3 rings (SSSR count). The molecule has 0 aliphatic heterocycles. The van der Waals surface area contributed by atoms with Crippen molar-refractivity contribution in [2.24, 2.45) is 22.2 Å². The molecule has 0 saturated heterocycles.